The van der Waals surface area contributed by atoms with E-state index in [2.05, 4.69) is 5.32 Å². The van der Waals surface area contributed by atoms with Crippen molar-refractivity contribution in [2.45, 2.75) is 19.1 Å². The number of carbonyl (C=O) groups excluding carboxylic acids is 2. The zero-order valence-electron chi connectivity index (χ0n) is 14.1. The highest BCUT2D eigenvalue weighted by atomic mass is 35.5. The monoisotopic (exact) mass is 396 g/mol. The van der Waals surface area contributed by atoms with Crippen molar-refractivity contribution in [3.8, 4) is 0 Å². The van der Waals surface area contributed by atoms with E-state index in [0.717, 1.165) is 17.7 Å². The molecule has 0 saturated carbocycles. The molecule has 27 heavy (non-hydrogen) atoms. The molecule has 0 aliphatic carbocycles. The number of nitrogens with zero attached hydrogens (tertiary/aromatic N) is 1. The van der Waals surface area contributed by atoms with Gasteiger partial charge in [-0.2, -0.15) is 13.2 Å². The molecule has 3 rings (SSSR count). The molecule has 2 amide bonds. The number of halogens is 4. The third-order valence-electron chi connectivity index (χ3n) is 4.41. The van der Waals surface area contributed by atoms with Gasteiger partial charge in [-0.25, -0.2) is 0 Å². The minimum absolute atomic E-state index is 0.00930. The maximum absolute atomic E-state index is 12.7. The van der Waals surface area contributed by atoms with Gasteiger partial charge in [-0.3, -0.25) is 9.59 Å². The Labute approximate surface area is 158 Å². The fraction of sp³-hybridized carbons (Fsp3) is 0.263. The van der Waals surface area contributed by atoms with E-state index in [0.29, 0.717) is 10.7 Å². The van der Waals surface area contributed by atoms with Crippen molar-refractivity contribution in [3.63, 3.8) is 0 Å². The van der Waals surface area contributed by atoms with Gasteiger partial charge in [0.1, 0.15) is 0 Å². The zero-order valence-corrected chi connectivity index (χ0v) is 14.8. The average Bonchev–Trinajstić information content (AvgIpc) is 3.02. The Kier molecular flexibility index (Phi) is 5.41. The normalized spacial score (nSPS) is 17.3. The number of amides is 2. The van der Waals surface area contributed by atoms with Crippen LogP contribution in [-0.4, -0.2) is 18.4 Å². The van der Waals surface area contributed by atoms with Crippen LogP contribution in [0.1, 0.15) is 17.5 Å². The molecule has 1 unspecified atom stereocenters. The van der Waals surface area contributed by atoms with Gasteiger partial charge in [-0.15, -0.1) is 0 Å². The molecule has 0 bridgehead atoms. The third-order valence-corrected chi connectivity index (χ3v) is 4.78. The van der Waals surface area contributed by atoms with Crippen LogP contribution in [0.5, 0.6) is 0 Å². The van der Waals surface area contributed by atoms with Crippen LogP contribution >= 0.6 is 11.6 Å². The molecule has 0 spiro atoms. The smallest absolute Gasteiger partial charge is 0.352 e. The molecule has 2 aromatic carbocycles. The molecule has 142 valence electrons. The molecule has 8 heteroatoms. The molecule has 1 aliphatic rings. The number of rotatable bonds is 4. The molecule has 1 saturated heterocycles. The number of nitrogens with one attached hydrogen (secondary N) is 1. The quantitative estimate of drug-likeness (QED) is 0.848. The second-order valence-corrected chi connectivity index (χ2v) is 6.67. The van der Waals surface area contributed by atoms with Crippen molar-refractivity contribution in [1.29, 1.82) is 0 Å². The zero-order chi connectivity index (χ0) is 19.6. The lowest BCUT2D eigenvalue weighted by Gasteiger charge is -2.17. The first-order valence-corrected chi connectivity index (χ1v) is 8.62. The van der Waals surface area contributed by atoms with Crippen LogP contribution in [0.3, 0.4) is 0 Å². The summed E-state index contributed by atoms with van der Waals surface area (Å²) in [6.45, 7) is 0.363. The van der Waals surface area contributed by atoms with E-state index in [1.165, 1.54) is 17.0 Å². The predicted molar refractivity (Wildman–Crippen MR) is 95.2 cm³/mol. The van der Waals surface area contributed by atoms with Gasteiger partial charge in [-0.05, 0) is 35.9 Å². The van der Waals surface area contributed by atoms with Crippen molar-refractivity contribution in [3.05, 3.63) is 64.7 Å². The number of carbonyl (C=O) groups is 2. The summed E-state index contributed by atoms with van der Waals surface area (Å²) in [5, 5.41) is 3.29. The Morgan fingerprint density at radius 2 is 1.81 bits per heavy atom. The number of hydrogen-bond acceptors (Lipinski definition) is 2. The van der Waals surface area contributed by atoms with Gasteiger partial charge >= 0.3 is 6.18 Å². The lowest BCUT2D eigenvalue weighted by molar-refractivity contribution is -0.137. The highest BCUT2D eigenvalue weighted by Gasteiger charge is 2.36. The second-order valence-electron chi connectivity index (χ2n) is 6.26. The maximum atomic E-state index is 12.7. The lowest BCUT2D eigenvalue weighted by Crippen LogP contribution is -2.32. The minimum atomic E-state index is -4.44. The molecule has 1 heterocycles. The van der Waals surface area contributed by atoms with Crippen LogP contribution in [0.15, 0.2) is 48.5 Å². The highest BCUT2D eigenvalue weighted by molar-refractivity contribution is 6.31. The molecule has 1 atom stereocenters. The van der Waals surface area contributed by atoms with Crippen LogP contribution in [0.25, 0.3) is 0 Å². The van der Waals surface area contributed by atoms with E-state index in [-0.39, 0.29) is 31.3 Å². The van der Waals surface area contributed by atoms with Gasteiger partial charge in [0.25, 0.3) is 0 Å². The van der Waals surface area contributed by atoms with E-state index in [1.807, 2.05) is 0 Å². The SMILES string of the molecule is O=C(NCc1ccccc1Cl)C1CC(=O)N(c2ccc(C(F)(F)F)cc2)C1. The Balaban J connectivity index is 1.63. The summed E-state index contributed by atoms with van der Waals surface area (Å²) in [7, 11) is 0. The summed E-state index contributed by atoms with van der Waals surface area (Å²) in [4.78, 5) is 25.9. The summed E-state index contributed by atoms with van der Waals surface area (Å²) < 4.78 is 38.0. The Morgan fingerprint density at radius 3 is 2.44 bits per heavy atom. The Hall–Kier alpha value is -2.54. The largest absolute Gasteiger partial charge is 0.416 e. The molecule has 4 nitrogen and oxygen atoms in total. The highest BCUT2D eigenvalue weighted by Crippen LogP contribution is 2.32. The van der Waals surface area contributed by atoms with Gasteiger partial charge in [0, 0.05) is 30.2 Å². The molecular weight excluding hydrogens is 381 g/mol. The van der Waals surface area contributed by atoms with Gasteiger partial charge in [0.15, 0.2) is 0 Å². The Morgan fingerprint density at radius 1 is 1.15 bits per heavy atom. The predicted octanol–water partition coefficient (Wildman–Crippen LogP) is 4.03. The molecule has 0 aromatic heterocycles. The molecule has 0 radical (unpaired) electrons. The van der Waals surface area contributed by atoms with E-state index in [4.69, 9.17) is 11.6 Å². The molecule has 2 aromatic rings. The average molecular weight is 397 g/mol. The van der Waals surface area contributed by atoms with Gasteiger partial charge in [0.2, 0.25) is 11.8 Å². The van der Waals surface area contributed by atoms with Crippen LogP contribution in [0.2, 0.25) is 5.02 Å². The van der Waals surface area contributed by atoms with E-state index < -0.39 is 17.7 Å². The van der Waals surface area contributed by atoms with Crippen molar-refractivity contribution < 1.29 is 22.8 Å². The van der Waals surface area contributed by atoms with Gasteiger partial charge in [0.05, 0.1) is 11.5 Å². The standard InChI is InChI=1S/C19H16ClF3N2O2/c20-16-4-2-1-3-12(16)10-24-18(27)13-9-17(26)25(11-13)15-7-5-14(6-8-15)19(21,22)23/h1-8,13H,9-11H2,(H,24,27). The topological polar surface area (TPSA) is 49.4 Å². The van der Waals surface area contributed by atoms with E-state index in [1.54, 1.807) is 24.3 Å². The fourth-order valence-corrected chi connectivity index (χ4v) is 3.13. The number of hydrogen-bond donors (Lipinski definition) is 1. The molecule has 1 fully saturated rings. The fourth-order valence-electron chi connectivity index (χ4n) is 2.93. The van der Waals surface area contributed by atoms with Crippen LogP contribution in [0.4, 0.5) is 18.9 Å². The van der Waals surface area contributed by atoms with Gasteiger partial charge in [-0.1, -0.05) is 29.8 Å². The van der Waals surface area contributed by atoms with Gasteiger partial charge < -0.3 is 10.2 Å². The summed E-state index contributed by atoms with van der Waals surface area (Å²) >= 11 is 6.04. The van der Waals surface area contributed by atoms with Crippen molar-refractivity contribution in [1.82, 2.24) is 5.32 Å². The lowest BCUT2D eigenvalue weighted by atomic mass is 10.1. The first-order chi connectivity index (χ1) is 12.8. The van der Waals surface area contributed by atoms with Crippen molar-refractivity contribution in [2.75, 3.05) is 11.4 Å². The summed E-state index contributed by atoms with van der Waals surface area (Å²) in [5.74, 6) is -1.16. The Bertz CT molecular complexity index is 853. The number of anilines is 1. The summed E-state index contributed by atoms with van der Waals surface area (Å²) in [5.41, 5.74) is 0.317. The third kappa shape index (κ3) is 4.42. The minimum Gasteiger partial charge on any atom is -0.352 e. The van der Waals surface area contributed by atoms with Crippen LogP contribution < -0.4 is 10.2 Å². The molecule has 1 aliphatic heterocycles. The maximum Gasteiger partial charge on any atom is 0.416 e. The first-order valence-electron chi connectivity index (χ1n) is 8.24. The molecular formula is C19H16ClF3N2O2. The van der Waals surface area contributed by atoms with Crippen molar-refractivity contribution in [2.24, 2.45) is 5.92 Å². The van der Waals surface area contributed by atoms with E-state index in [9.17, 15) is 22.8 Å². The number of alkyl halides is 3. The summed E-state index contributed by atoms with van der Waals surface area (Å²) in [6.07, 6.45) is -4.43. The summed E-state index contributed by atoms with van der Waals surface area (Å²) in [6, 6.07) is 11.4. The van der Waals surface area contributed by atoms with Crippen LogP contribution in [0, 0.1) is 5.92 Å². The van der Waals surface area contributed by atoms with Crippen molar-refractivity contribution >= 4 is 29.1 Å². The molecule has 1 N–H and O–H groups in total. The second kappa shape index (κ2) is 7.60. The van der Waals surface area contributed by atoms with E-state index >= 15 is 0 Å². The van der Waals surface area contributed by atoms with Crippen LogP contribution in [-0.2, 0) is 22.3 Å². The first kappa shape index (κ1) is 19.2. The number of benzene rings is 2.